The molecule has 0 saturated carbocycles. The number of benzene rings is 1. The fourth-order valence-corrected chi connectivity index (χ4v) is 1.58. The largest absolute Gasteiger partial charge is 0.489 e. The number of anilines is 1. The molecule has 1 N–H and O–H groups in total. The molecule has 0 aliphatic carbocycles. The average Bonchev–Trinajstić information content (AvgIpc) is 2.16. The lowest BCUT2D eigenvalue weighted by Gasteiger charge is -2.36. The van der Waals surface area contributed by atoms with Gasteiger partial charge in [-0.15, -0.1) is 0 Å². The van der Waals surface area contributed by atoms with Gasteiger partial charge < -0.3 is 10.1 Å². The maximum atomic E-state index is 5.70. The van der Waals surface area contributed by atoms with Crippen molar-refractivity contribution in [3.63, 3.8) is 0 Å². The van der Waals surface area contributed by atoms with Crippen LogP contribution in [-0.4, -0.2) is 12.6 Å². The third-order valence-electron chi connectivity index (χ3n) is 2.67. The molecule has 0 amide bonds. The zero-order valence-corrected chi connectivity index (χ0v) is 9.00. The standard InChI is InChI=1S/C12H17NO/c1-12(2,3)11-8-14-10-7-5-4-6-9(10)13-11/h4-7,11,13H,8H2,1-3H3/t11-/m1/s1. The summed E-state index contributed by atoms with van der Waals surface area (Å²) in [6.07, 6.45) is 0. The van der Waals surface area contributed by atoms with Crippen LogP contribution in [0.1, 0.15) is 20.8 Å². The van der Waals surface area contributed by atoms with Crippen LogP contribution < -0.4 is 10.1 Å². The summed E-state index contributed by atoms with van der Waals surface area (Å²) in [6, 6.07) is 8.48. The number of rotatable bonds is 0. The summed E-state index contributed by atoms with van der Waals surface area (Å²) in [5, 5.41) is 3.51. The first-order chi connectivity index (χ1) is 6.57. The highest BCUT2D eigenvalue weighted by Crippen LogP contribution is 2.33. The highest BCUT2D eigenvalue weighted by Gasteiger charge is 2.28. The minimum Gasteiger partial charge on any atom is -0.489 e. The second kappa shape index (κ2) is 3.19. The summed E-state index contributed by atoms with van der Waals surface area (Å²) in [5.74, 6) is 0.966. The molecule has 0 saturated heterocycles. The zero-order chi connectivity index (χ0) is 10.2. The molecule has 1 aliphatic heterocycles. The van der Waals surface area contributed by atoms with Gasteiger partial charge in [-0.3, -0.25) is 0 Å². The predicted octanol–water partition coefficient (Wildman–Crippen LogP) is 2.91. The molecule has 1 aromatic rings. The van der Waals surface area contributed by atoms with Crippen molar-refractivity contribution >= 4 is 5.69 Å². The molecule has 0 aromatic heterocycles. The Morgan fingerprint density at radius 1 is 1.29 bits per heavy atom. The Balaban J connectivity index is 2.22. The Hall–Kier alpha value is -1.18. The third kappa shape index (κ3) is 1.69. The molecular weight excluding hydrogens is 174 g/mol. The van der Waals surface area contributed by atoms with Crippen LogP contribution in [-0.2, 0) is 0 Å². The minimum atomic E-state index is 0.230. The van der Waals surface area contributed by atoms with Crippen molar-refractivity contribution in [1.82, 2.24) is 0 Å². The van der Waals surface area contributed by atoms with Gasteiger partial charge in [-0.2, -0.15) is 0 Å². The molecule has 2 heteroatoms. The van der Waals surface area contributed by atoms with E-state index in [0.717, 1.165) is 18.0 Å². The number of para-hydroxylation sites is 2. The lowest BCUT2D eigenvalue weighted by atomic mass is 9.86. The molecule has 0 radical (unpaired) electrons. The van der Waals surface area contributed by atoms with E-state index in [1.165, 1.54) is 0 Å². The first-order valence-electron chi connectivity index (χ1n) is 5.06. The van der Waals surface area contributed by atoms with Gasteiger partial charge in [0.1, 0.15) is 12.4 Å². The molecule has 0 fully saturated rings. The monoisotopic (exact) mass is 191 g/mol. The van der Waals surface area contributed by atoms with Crippen molar-refractivity contribution in [2.24, 2.45) is 5.41 Å². The Labute approximate surface area is 85.3 Å². The molecule has 76 valence electrons. The molecule has 1 heterocycles. The smallest absolute Gasteiger partial charge is 0.142 e. The molecule has 1 aliphatic rings. The molecule has 2 nitrogen and oxygen atoms in total. The van der Waals surface area contributed by atoms with E-state index in [2.05, 4.69) is 32.2 Å². The summed E-state index contributed by atoms with van der Waals surface area (Å²) in [5.41, 5.74) is 1.34. The molecular formula is C12H17NO. The zero-order valence-electron chi connectivity index (χ0n) is 9.00. The Kier molecular flexibility index (Phi) is 2.14. The van der Waals surface area contributed by atoms with Crippen LogP contribution in [0.15, 0.2) is 24.3 Å². The van der Waals surface area contributed by atoms with E-state index in [1.807, 2.05) is 18.2 Å². The number of hydrogen-bond acceptors (Lipinski definition) is 2. The van der Waals surface area contributed by atoms with E-state index in [9.17, 15) is 0 Å². The van der Waals surface area contributed by atoms with Gasteiger partial charge in [-0.1, -0.05) is 32.9 Å². The number of hydrogen-bond donors (Lipinski definition) is 1. The summed E-state index contributed by atoms with van der Waals surface area (Å²) >= 11 is 0. The summed E-state index contributed by atoms with van der Waals surface area (Å²) in [7, 11) is 0. The van der Waals surface area contributed by atoms with Gasteiger partial charge in [0.25, 0.3) is 0 Å². The fourth-order valence-electron chi connectivity index (χ4n) is 1.58. The molecule has 1 atom stereocenters. The van der Waals surface area contributed by atoms with Crippen LogP contribution in [0, 0.1) is 5.41 Å². The van der Waals surface area contributed by atoms with E-state index in [0.29, 0.717) is 6.04 Å². The highest BCUT2D eigenvalue weighted by atomic mass is 16.5. The Bertz CT molecular complexity index is 327. The Morgan fingerprint density at radius 2 is 2.00 bits per heavy atom. The molecule has 0 bridgehead atoms. The maximum Gasteiger partial charge on any atom is 0.142 e. The predicted molar refractivity (Wildman–Crippen MR) is 58.8 cm³/mol. The highest BCUT2D eigenvalue weighted by molar-refractivity contribution is 5.58. The van der Waals surface area contributed by atoms with Gasteiger partial charge in [0.05, 0.1) is 11.7 Å². The van der Waals surface area contributed by atoms with Crippen LogP contribution in [0.5, 0.6) is 5.75 Å². The van der Waals surface area contributed by atoms with Crippen LogP contribution in [0.4, 0.5) is 5.69 Å². The SMILES string of the molecule is CC(C)(C)[C@H]1COc2ccccc2N1. The number of fused-ring (bicyclic) bond motifs is 1. The van der Waals surface area contributed by atoms with Gasteiger partial charge in [-0.25, -0.2) is 0 Å². The molecule has 0 spiro atoms. The van der Waals surface area contributed by atoms with Crippen molar-refractivity contribution in [2.45, 2.75) is 26.8 Å². The topological polar surface area (TPSA) is 21.3 Å². The average molecular weight is 191 g/mol. The van der Waals surface area contributed by atoms with Crippen molar-refractivity contribution in [3.05, 3.63) is 24.3 Å². The molecule has 14 heavy (non-hydrogen) atoms. The second-order valence-corrected chi connectivity index (χ2v) is 4.87. The van der Waals surface area contributed by atoms with E-state index in [4.69, 9.17) is 4.74 Å². The first kappa shape index (κ1) is 9.38. The van der Waals surface area contributed by atoms with E-state index < -0.39 is 0 Å². The maximum absolute atomic E-state index is 5.70. The second-order valence-electron chi connectivity index (χ2n) is 4.87. The lowest BCUT2D eigenvalue weighted by Crippen LogP contribution is -2.41. The van der Waals surface area contributed by atoms with E-state index in [1.54, 1.807) is 0 Å². The van der Waals surface area contributed by atoms with Crippen LogP contribution in [0.25, 0.3) is 0 Å². The van der Waals surface area contributed by atoms with Gasteiger partial charge in [-0.05, 0) is 17.5 Å². The minimum absolute atomic E-state index is 0.230. The van der Waals surface area contributed by atoms with Crippen molar-refractivity contribution < 1.29 is 4.74 Å². The third-order valence-corrected chi connectivity index (χ3v) is 2.67. The lowest BCUT2D eigenvalue weighted by molar-refractivity contribution is 0.207. The van der Waals surface area contributed by atoms with Gasteiger partial charge in [0, 0.05) is 0 Å². The van der Waals surface area contributed by atoms with Gasteiger partial charge >= 0.3 is 0 Å². The van der Waals surface area contributed by atoms with Gasteiger partial charge in [0.15, 0.2) is 0 Å². The fraction of sp³-hybridized carbons (Fsp3) is 0.500. The van der Waals surface area contributed by atoms with E-state index in [-0.39, 0.29) is 5.41 Å². The molecule has 2 rings (SSSR count). The summed E-state index contributed by atoms with van der Waals surface area (Å²) in [4.78, 5) is 0. The van der Waals surface area contributed by atoms with Crippen molar-refractivity contribution in [3.8, 4) is 5.75 Å². The number of nitrogens with one attached hydrogen (secondary N) is 1. The van der Waals surface area contributed by atoms with Gasteiger partial charge in [0.2, 0.25) is 0 Å². The van der Waals surface area contributed by atoms with Crippen LogP contribution in [0.3, 0.4) is 0 Å². The van der Waals surface area contributed by atoms with E-state index >= 15 is 0 Å². The summed E-state index contributed by atoms with van der Waals surface area (Å²) < 4.78 is 5.70. The Morgan fingerprint density at radius 3 is 2.71 bits per heavy atom. The van der Waals surface area contributed by atoms with Crippen LogP contribution in [0.2, 0.25) is 0 Å². The van der Waals surface area contributed by atoms with Crippen LogP contribution >= 0.6 is 0 Å². The normalized spacial score (nSPS) is 20.6. The first-order valence-corrected chi connectivity index (χ1v) is 5.06. The molecule has 0 unspecified atom stereocenters. The quantitative estimate of drug-likeness (QED) is 0.680. The van der Waals surface area contributed by atoms with Crippen molar-refractivity contribution in [1.29, 1.82) is 0 Å². The van der Waals surface area contributed by atoms with Crippen molar-refractivity contribution in [2.75, 3.05) is 11.9 Å². The summed E-state index contributed by atoms with van der Waals surface area (Å²) in [6.45, 7) is 7.42. The number of ether oxygens (including phenoxy) is 1. The molecule has 1 aromatic carbocycles.